The molecule has 0 radical (unpaired) electrons. The average Bonchev–Trinajstić information content (AvgIpc) is 3.31. The molecule has 0 aromatic carbocycles. The van der Waals surface area contributed by atoms with Crippen LogP contribution >= 0.6 is 0 Å². The molecule has 4 aromatic rings. The number of anilines is 2. The molecular formula is C24H28FN9O3. The lowest BCUT2D eigenvalue weighted by Gasteiger charge is -2.17. The maximum atomic E-state index is 15.1. The summed E-state index contributed by atoms with van der Waals surface area (Å²) in [6, 6.07) is 1.66. The van der Waals surface area contributed by atoms with Crippen molar-refractivity contribution in [3.63, 3.8) is 0 Å². The van der Waals surface area contributed by atoms with E-state index in [0.29, 0.717) is 17.5 Å². The molecule has 1 saturated heterocycles. The Kier molecular flexibility index (Phi) is 5.40. The van der Waals surface area contributed by atoms with E-state index in [1.54, 1.807) is 18.5 Å². The van der Waals surface area contributed by atoms with Gasteiger partial charge in [0.2, 0.25) is 5.95 Å². The Morgan fingerprint density at radius 3 is 2.89 bits per heavy atom. The highest BCUT2D eigenvalue weighted by Crippen LogP contribution is 2.36. The third-order valence-electron chi connectivity index (χ3n) is 6.98. The van der Waals surface area contributed by atoms with Gasteiger partial charge in [0.1, 0.15) is 6.10 Å². The standard InChI is InChI=1S/C24H28FN9O3/c1-12-10-27-33(4)19(12)17-13(2)28-22(34-8-7-26-21(17)34)29-16-9-14(31-32-16)20-18(25)15(11-36-20)37-23(35)30-24(3)5-6-24/h7-10,15,18,20H,5-6,11H2,1-4H3,(H,30,35)(H2,28,29,31,32)/t15-,18+,20-/m1/s1. The predicted octanol–water partition coefficient (Wildman–Crippen LogP) is 3.27. The fourth-order valence-electron chi connectivity index (χ4n) is 4.69. The second-order valence-corrected chi connectivity index (χ2v) is 9.98. The lowest BCUT2D eigenvalue weighted by Crippen LogP contribution is -2.39. The quantitative estimate of drug-likeness (QED) is 0.360. The molecule has 12 nitrogen and oxygen atoms in total. The van der Waals surface area contributed by atoms with Crippen LogP contribution in [0.15, 0.2) is 24.7 Å². The molecule has 4 aromatic heterocycles. The maximum absolute atomic E-state index is 15.1. The highest BCUT2D eigenvalue weighted by Gasteiger charge is 2.44. The summed E-state index contributed by atoms with van der Waals surface area (Å²) in [4.78, 5) is 21.4. The number of hydrogen-bond acceptors (Lipinski definition) is 8. The van der Waals surface area contributed by atoms with Gasteiger partial charge in [-0.2, -0.15) is 10.2 Å². The van der Waals surface area contributed by atoms with Crippen LogP contribution in [-0.2, 0) is 16.5 Å². The number of nitrogens with zero attached hydrogens (tertiary/aromatic N) is 6. The van der Waals surface area contributed by atoms with Gasteiger partial charge < -0.3 is 20.1 Å². The molecule has 37 heavy (non-hydrogen) atoms. The van der Waals surface area contributed by atoms with Crippen LogP contribution in [0.4, 0.5) is 21.0 Å². The van der Waals surface area contributed by atoms with E-state index in [0.717, 1.165) is 41.0 Å². The lowest BCUT2D eigenvalue weighted by atomic mass is 10.1. The number of rotatable bonds is 6. The van der Waals surface area contributed by atoms with Crippen molar-refractivity contribution in [2.75, 3.05) is 11.9 Å². The number of carbonyl (C=O) groups excluding carboxylic acids is 1. The van der Waals surface area contributed by atoms with Gasteiger partial charge in [-0.25, -0.2) is 19.2 Å². The summed E-state index contributed by atoms with van der Waals surface area (Å²) >= 11 is 0. The molecule has 194 valence electrons. The van der Waals surface area contributed by atoms with Crippen molar-refractivity contribution in [1.82, 2.24) is 39.7 Å². The van der Waals surface area contributed by atoms with Crippen molar-refractivity contribution < 1.29 is 18.7 Å². The molecule has 1 aliphatic carbocycles. The van der Waals surface area contributed by atoms with Gasteiger partial charge in [0.25, 0.3) is 0 Å². The smallest absolute Gasteiger partial charge is 0.408 e. The van der Waals surface area contributed by atoms with E-state index in [2.05, 4.69) is 30.9 Å². The predicted molar refractivity (Wildman–Crippen MR) is 131 cm³/mol. The lowest BCUT2D eigenvalue weighted by molar-refractivity contribution is 0.0604. The Labute approximate surface area is 211 Å². The number of alkyl carbamates (subject to hydrolysis) is 1. The van der Waals surface area contributed by atoms with Gasteiger partial charge in [0, 0.05) is 31.0 Å². The second kappa shape index (κ2) is 8.54. The monoisotopic (exact) mass is 509 g/mol. The van der Waals surface area contributed by atoms with Gasteiger partial charge in [-0.05, 0) is 39.2 Å². The zero-order chi connectivity index (χ0) is 25.9. The number of alkyl halides is 1. The van der Waals surface area contributed by atoms with Crippen molar-refractivity contribution in [3.8, 4) is 11.3 Å². The van der Waals surface area contributed by atoms with Gasteiger partial charge in [-0.3, -0.25) is 14.2 Å². The third-order valence-corrected chi connectivity index (χ3v) is 6.98. The largest absolute Gasteiger partial charge is 0.441 e. The number of carbonyl (C=O) groups is 1. The Balaban J connectivity index is 1.20. The summed E-state index contributed by atoms with van der Waals surface area (Å²) in [6.45, 7) is 5.80. The fourth-order valence-corrected chi connectivity index (χ4v) is 4.69. The van der Waals surface area contributed by atoms with E-state index in [4.69, 9.17) is 14.5 Å². The number of halogens is 1. The minimum absolute atomic E-state index is 0.0386. The Morgan fingerprint density at radius 1 is 1.35 bits per heavy atom. The molecular weight excluding hydrogens is 481 g/mol. The zero-order valence-corrected chi connectivity index (χ0v) is 20.9. The molecule has 0 unspecified atom stereocenters. The number of aromatic amines is 1. The number of imidazole rings is 1. The van der Waals surface area contributed by atoms with Crippen molar-refractivity contribution >= 4 is 23.5 Å². The number of amides is 1. The SMILES string of the molecule is Cc1cnn(C)c1-c1c(C)nc(Nc2cc([C@H]3OC[C@@H](OC(=O)NC4(C)CC4)[C@@H]3F)[nH]n2)n2ccnc12. The first kappa shape index (κ1) is 23.4. The number of H-pyrrole nitrogens is 1. The molecule has 2 aliphatic rings. The molecule has 2 fully saturated rings. The van der Waals surface area contributed by atoms with Crippen LogP contribution in [0.3, 0.4) is 0 Å². The van der Waals surface area contributed by atoms with Crippen molar-refractivity contribution in [2.24, 2.45) is 7.05 Å². The van der Waals surface area contributed by atoms with E-state index in [9.17, 15) is 4.79 Å². The molecule has 3 atom stereocenters. The van der Waals surface area contributed by atoms with Crippen LogP contribution in [0, 0.1) is 13.8 Å². The van der Waals surface area contributed by atoms with Crippen LogP contribution in [0.2, 0.25) is 0 Å². The first-order valence-corrected chi connectivity index (χ1v) is 12.1. The number of aromatic nitrogens is 7. The van der Waals surface area contributed by atoms with Crippen molar-refractivity contribution in [3.05, 3.63) is 41.6 Å². The Morgan fingerprint density at radius 2 is 2.16 bits per heavy atom. The van der Waals surface area contributed by atoms with E-state index in [1.807, 2.05) is 43.1 Å². The number of hydrogen-bond donors (Lipinski definition) is 3. The maximum Gasteiger partial charge on any atom is 0.408 e. The van der Waals surface area contributed by atoms with Crippen LogP contribution in [-0.4, -0.2) is 64.9 Å². The molecule has 3 N–H and O–H groups in total. The number of nitrogens with one attached hydrogen (secondary N) is 3. The first-order chi connectivity index (χ1) is 17.7. The van der Waals surface area contributed by atoms with E-state index in [-0.39, 0.29) is 12.1 Å². The fraction of sp³-hybridized carbons (Fsp3) is 0.458. The molecule has 0 bridgehead atoms. The summed E-state index contributed by atoms with van der Waals surface area (Å²) in [5, 5.41) is 17.4. The number of ether oxygens (including phenoxy) is 2. The molecule has 1 amide bonds. The van der Waals surface area contributed by atoms with Gasteiger partial charge >= 0.3 is 6.09 Å². The van der Waals surface area contributed by atoms with Crippen LogP contribution in [0.25, 0.3) is 16.9 Å². The first-order valence-electron chi connectivity index (χ1n) is 12.1. The molecule has 0 spiro atoms. The van der Waals surface area contributed by atoms with Crippen molar-refractivity contribution in [2.45, 2.75) is 57.5 Å². The third kappa shape index (κ3) is 4.18. The zero-order valence-electron chi connectivity index (χ0n) is 20.9. The van der Waals surface area contributed by atoms with Gasteiger partial charge in [-0.15, -0.1) is 0 Å². The summed E-state index contributed by atoms with van der Waals surface area (Å²) in [7, 11) is 1.89. The second-order valence-electron chi connectivity index (χ2n) is 9.98. The summed E-state index contributed by atoms with van der Waals surface area (Å²) in [6.07, 6.45) is 3.00. The normalized spacial score (nSPS) is 22.4. The number of fused-ring (bicyclic) bond motifs is 1. The molecule has 1 saturated carbocycles. The molecule has 5 heterocycles. The molecule has 6 rings (SSSR count). The van der Waals surface area contributed by atoms with E-state index >= 15 is 4.39 Å². The highest BCUT2D eigenvalue weighted by molar-refractivity contribution is 5.80. The van der Waals surface area contributed by atoms with Crippen LogP contribution in [0.1, 0.15) is 42.8 Å². The summed E-state index contributed by atoms with van der Waals surface area (Å²) in [5.41, 5.74) is 4.53. The van der Waals surface area contributed by atoms with Crippen molar-refractivity contribution in [1.29, 1.82) is 0 Å². The molecule has 13 heteroatoms. The van der Waals surface area contributed by atoms with Gasteiger partial charge in [-0.1, -0.05) is 0 Å². The Hall–Kier alpha value is -4.00. The van der Waals surface area contributed by atoms with Crippen LogP contribution < -0.4 is 10.6 Å². The minimum Gasteiger partial charge on any atom is -0.441 e. The van der Waals surface area contributed by atoms with Gasteiger partial charge in [0.15, 0.2) is 23.7 Å². The average molecular weight is 510 g/mol. The van der Waals surface area contributed by atoms with Crippen LogP contribution in [0.5, 0.6) is 0 Å². The van der Waals surface area contributed by atoms with E-state index < -0.39 is 24.5 Å². The Bertz CT molecular complexity index is 1470. The van der Waals surface area contributed by atoms with Gasteiger partial charge in [0.05, 0.1) is 35.4 Å². The number of aryl methyl sites for hydroxylation is 3. The molecule has 1 aliphatic heterocycles. The highest BCUT2D eigenvalue weighted by atomic mass is 19.1. The minimum atomic E-state index is -1.53. The summed E-state index contributed by atoms with van der Waals surface area (Å²) in [5.74, 6) is 0.933. The summed E-state index contributed by atoms with van der Waals surface area (Å²) < 4.78 is 29.6. The van der Waals surface area contributed by atoms with E-state index in [1.165, 1.54) is 0 Å². The topological polar surface area (TPSA) is 136 Å².